The number of nitrogens with one attached hydrogen (secondary N) is 1. The zero-order chi connectivity index (χ0) is 17.5. The van der Waals surface area contributed by atoms with E-state index in [1.807, 2.05) is 0 Å². The highest BCUT2D eigenvalue weighted by Crippen LogP contribution is 2.42. The summed E-state index contributed by atoms with van der Waals surface area (Å²) < 4.78 is 56.7. The molecule has 1 heterocycles. The number of hydrogen-bond acceptors (Lipinski definition) is 5. The maximum Gasteiger partial charge on any atom is 0.586 e. The van der Waals surface area contributed by atoms with Crippen LogP contribution in [0.25, 0.3) is 0 Å². The number of carbonyl (C=O) groups is 1. The van der Waals surface area contributed by atoms with Crippen LogP contribution >= 0.6 is 0 Å². The number of alkyl halides is 2. The number of primary sulfonamides is 1. The van der Waals surface area contributed by atoms with Crippen molar-refractivity contribution in [3.63, 3.8) is 0 Å². The van der Waals surface area contributed by atoms with E-state index in [0.29, 0.717) is 0 Å². The minimum absolute atomic E-state index is 0.135. The molecule has 1 aliphatic heterocycles. The van der Waals surface area contributed by atoms with Gasteiger partial charge in [0, 0.05) is 17.3 Å². The fraction of sp³-hybridized carbons (Fsp3) is 0.0714. The smallest absolute Gasteiger partial charge is 0.395 e. The number of carbonyl (C=O) groups excluding carboxylic acids is 1. The molecule has 1 aliphatic rings. The van der Waals surface area contributed by atoms with Crippen molar-refractivity contribution in [1.82, 2.24) is 0 Å². The van der Waals surface area contributed by atoms with Crippen molar-refractivity contribution in [2.75, 3.05) is 5.32 Å². The first-order valence-corrected chi connectivity index (χ1v) is 8.03. The summed E-state index contributed by atoms with van der Waals surface area (Å²) in [5.41, 5.74) is 0.362. The molecular weight excluding hydrogens is 346 g/mol. The van der Waals surface area contributed by atoms with Gasteiger partial charge in [0.1, 0.15) is 0 Å². The van der Waals surface area contributed by atoms with Gasteiger partial charge in [-0.25, -0.2) is 13.6 Å². The van der Waals surface area contributed by atoms with Crippen LogP contribution in [-0.2, 0) is 10.0 Å². The Kier molecular flexibility index (Phi) is 3.65. The zero-order valence-corrected chi connectivity index (χ0v) is 12.6. The normalized spacial score (nSPS) is 15.1. The van der Waals surface area contributed by atoms with Gasteiger partial charge in [0.25, 0.3) is 5.91 Å². The molecule has 3 rings (SSSR count). The summed E-state index contributed by atoms with van der Waals surface area (Å²) in [6.07, 6.45) is -3.74. The Hall–Kier alpha value is -2.72. The minimum atomic E-state index is -3.86. The molecule has 3 N–H and O–H groups in total. The summed E-state index contributed by atoms with van der Waals surface area (Å²) in [6.45, 7) is 0. The molecular formula is C14H10F2N2O5S. The van der Waals surface area contributed by atoms with Crippen LogP contribution in [0, 0.1) is 0 Å². The molecule has 0 saturated heterocycles. The van der Waals surface area contributed by atoms with Gasteiger partial charge in [0.05, 0.1) is 4.90 Å². The first kappa shape index (κ1) is 16.1. The molecule has 2 aromatic rings. The van der Waals surface area contributed by atoms with Gasteiger partial charge >= 0.3 is 6.29 Å². The van der Waals surface area contributed by atoms with Crippen LogP contribution in [0.3, 0.4) is 0 Å². The lowest BCUT2D eigenvalue weighted by molar-refractivity contribution is -0.286. The second-order valence-corrected chi connectivity index (χ2v) is 6.41. The molecule has 0 aromatic heterocycles. The molecule has 24 heavy (non-hydrogen) atoms. The number of benzene rings is 2. The molecule has 0 saturated carbocycles. The van der Waals surface area contributed by atoms with Gasteiger partial charge in [-0.05, 0) is 36.4 Å². The van der Waals surface area contributed by atoms with Gasteiger partial charge in [0.15, 0.2) is 11.5 Å². The summed E-state index contributed by atoms with van der Waals surface area (Å²) in [5.74, 6) is -0.917. The number of hydrogen-bond donors (Lipinski definition) is 2. The largest absolute Gasteiger partial charge is 0.586 e. The van der Waals surface area contributed by atoms with E-state index in [4.69, 9.17) is 5.14 Å². The average Bonchev–Trinajstić information content (AvgIpc) is 2.79. The number of halogens is 2. The zero-order valence-electron chi connectivity index (χ0n) is 11.8. The number of anilines is 1. The predicted octanol–water partition coefficient (Wildman–Crippen LogP) is 1.91. The third-order valence-corrected chi connectivity index (χ3v) is 4.03. The highest BCUT2D eigenvalue weighted by Gasteiger charge is 2.43. The van der Waals surface area contributed by atoms with Crippen molar-refractivity contribution in [2.24, 2.45) is 5.14 Å². The molecule has 0 aliphatic carbocycles. The van der Waals surface area contributed by atoms with E-state index in [1.54, 1.807) is 0 Å². The topological polar surface area (TPSA) is 108 Å². The van der Waals surface area contributed by atoms with Gasteiger partial charge in [-0.15, -0.1) is 8.78 Å². The van der Waals surface area contributed by atoms with Gasteiger partial charge in [-0.2, -0.15) is 0 Å². The first-order valence-electron chi connectivity index (χ1n) is 6.48. The molecule has 7 nitrogen and oxygen atoms in total. The van der Waals surface area contributed by atoms with Gasteiger partial charge < -0.3 is 14.8 Å². The van der Waals surface area contributed by atoms with Gasteiger partial charge in [-0.3, -0.25) is 4.79 Å². The number of nitrogens with two attached hydrogens (primary N) is 1. The van der Waals surface area contributed by atoms with Crippen LogP contribution in [0.2, 0.25) is 0 Å². The number of fused-ring (bicyclic) bond motifs is 1. The molecule has 1 amide bonds. The molecule has 0 spiro atoms. The maximum absolute atomic E-state index is 12.9. The second kappa shape index (κ2) is 5.42. The maximum atomic E-state index is 12.9. The summed E-state index contributed by atoms with van der Waals surface area (Å²) >= 11 is 0. The molecule has 2 aromatic carbocycles. The summed E-state index contributed by atoms with van der Waals surface area (Å²) in [6, 6.07) is 8.70. The number of ether oxygens (including phenoxy) is 2. The van der Waals surface area contributed by atoms with Crippen LogP contribution in [-0.4, -0.2) is 20.6 Å². The van der Waals surface area contributed by atoms with Crippen LogP contribution in [0.4, 0.5) is 14.5 Å². The molecule has 0 radical (unpaired) electrons. The SMILES string of the molecule is NS(=O)(=O)c1ccc(C(=O)Nc2ccc3c(c2)OC(F)(F)O3)cc1. The Morgan fingerprint density at radius 3 is 2.29 bits per heavy atom. The fourth-order valence-electron chi connectivity index (χ4n) is 2.03. The molecule has 0 fully saturated rings. The van der Waals surface area contributed by atoms with Gasteiger partial charge in [0.2, 0.25) is 10.0 Å². The highest BCUT2D eigenvalue weighted by atomic mass is 32.2. The molecule has 126 valence electrons. The van der Waals surface area contributed by atoms with E-state index in [0.717, 1.165) is 0 Å². The van der Waals surface area contributed by atoms with E-state index < -0.39 is 22.2 Å². The molecule has 0 bridgehead atoms. The second-order valence-electron chi connectivity index (χ2n) is 4.85. The van der Waals surface area contributed by atoms with E-state index in [-0.39, 0.29) is 27.6 Å². The van der Waals surface area contributed by atoms with Crippen molar-refractivity contribution in [3.05, 3.63) is 48.0 Å². The Balaban J connectivity index is 1.76. The summed E-state index contributed by atoms with van der Waals surface area (Å²) in [4.78, 5) is 12.0. The summed E-state index contributed by atoms with van der Waals surface area (Å²) in [7, 11) is -3.86. The predicted molar refractivity (Wildman–Crippen MR) is 78.4 cm³/mol. The lowest BCUT2D eigenvalue weighted by atomic mass is 10.2. The lowest BCUT2D eigenvalue weighted by Crippen LogP contribution is -2.25. The molecule has 10 heteroatoms. The van der Waals surface area contributed by atoms with Crippen LogP contribution in [0.15, 0.2) is 47.4 Å². The average molecular weight is 356 g/mol. The third kappa shape index (κ3) is 3.29. The minimum Gasteiger partial charge on any atom is -0.395 e. The number of sulfonamides is 1. The van der Waals surface area contributed by atoms with Gasteiger partial charge in [-0.1, -0.05) is 0 Å². The van der Waals surface area contributed by atoms with E-state index in [9.17, 15) is 22.0 Å². The van der Waals surface area contributed by atoms with E-state index in [2.05, 4.69) is 14.8 Å². The lowest BCUT2D eigenvalue weighted by Gasteiger charge is -2.06. The monoisotopic (exact) mass is 356 g/mol. The van der Waals surface area contributed by atoms with Crippen LogP contribution in [0.5, 0.6) is 11.5 Å². The summed E-state index contributed by atoms with van der Waals surface area (Å²) in [5, 5.41) is 7.44. The fourth-order valence-corrected chi connectivity index (χ4v) is 2.54. The number of rotatable bonds is 3. The Morgan fingerprint density at radius 2 is 1.67 bits per heavy atom. The highest BCUT2D eigenvalue weighted by molar-refractivity contribution is 7.89. The standard InChI is InChI=1S/C14H10F2N2O5S/c15-14(16)22-11-6-3-9(7-12(11)23-14)18-13(19)8-1-4-10(5-2-8)24(17,20)21/h1-7H,(H,18,19)(H2,17,20,21). The van der Waals surface area contributed by atoms with Crippen molar-refractivity contribution in [2.45, 2.75) is 11.2 Å². The first-order chi connectivity index (χ1) is 11.1. The van der Waals surface area contributed by atoms with Crippen LogP contribution in [0.1, 0.15) is 10.4 Å². The van der Waals surface area contributed by atoms with Crippen molar-refractivity contribution < 1.29 is 31.5 Å². The Bertz CT molecular complexity index is 913. The number of amides is 1. The van der Waals surface area contributed by atoms with Crippen LogP contribution < -0.4 is 19.9 Å². The Morgan fingerprint density at radius 1 is 1.04 bits per heavy atom. The third-order valence-electron chi connectivity index (χ3n) is 3.10. The van der Waals surface area contributed by atoms with Crippen molar-refractivity contribution in [3.8, 4) is 11.5 Å². The van der Waals surface area contributed by atoms with Crippen molar-refractivity contribution >= 4 is 21.6 Å². The molecule has 0 unspecified atom stereocenters. The van der Waals surface area contributed by atoms with Crippen molar-refractivity contribution in [1.29, 1.82) is 0 Å². The quantitative estimate of drug-likeness (QED) is 0.873. The van der Waals surface area contributed by atoms with E-state index >= 15 is 0 Å². The van der Waals surface area contributed by atoms with E-state index in [1.165, 1.54) is 42.5 Å². The Labute approximate surface area is 135 Å². The molecule has 0 atom stereocenters.